The fraction of sp³-hybridized carbons (Fsp3) is 0.364. The molecule has 7 N–H and O–H groups in total. The monoisotopic (exact) mass is 428 g/mol. The number of carbonyl (C=O) groups excluding carboxylic acids is 2. The number of hydrogen-bond donors (Lipinski definition) is 7. The van der Waals surface area contributed by atoms with Crippen LogP contribution in [0.2, 0.25) is 0 Å². The van der Waals surface area contributed by atoms with Crippen molar-refractivity contribution in [1.29, 1.82) is 0 Å². The number of aromatic hydroxyl groups is 2. The summed E-state index contributed by atoms with van der Waals surface area (Å²) >= 11 is 0. The van der Waals surface area contributed by atoms with Crippen LogP contribution in [0.25, 0.3) is 0 Å². The Balaban J connectivity index is 2.01. The first-order valence-corrected chi connectivity index (χ1v) is 10.3. The fourth-order valence-corrected chi connectivity index (χ4v) is 3.61. The zero-order valence-electron chi connectivity index (χ0n) is 17.4. The molecule has 1 aliphatic carbocycles. The second-order valence-corrected chi connectivity index (χ2v) is 7.10. The summed E-state index contributed by atoms with van der Waals surface area (Å²) in [7, 11) is 0. The lowest BCUT2D eigenvalue weighted by atomic mass is 9.81. The summed E-state index contributed by atoms with van der Waals surface area (Å²) in [6.45, 7) is 5.49. The van der Waals surface area contributed by atoms with E-state index in [9.17, 15) is 19.8 Å². The Hall–Kier alpha value is -3.14. The molecular formula is C22H28N4O5. The summed E-state index contributed by atoms with van der Waals surface area (Å²) in [4.78, 5) is 26.7. The molecule has 0 saturated heterocycles. The third-order valence-electron chi connectivity index (χ3n) is 5.05. The number of hydrogen-bond acceptors (Lipinski definition) is 9. The molecule has 2 aromatic carbocycles. The zero-order valence-corrected chi connectivity index (χ0v) is 17.4. The molecule has 9 heteroatoms. The Bertz CT molecular complexity index is 977. The number of likely N-dealkylation sites (N-methyl/N-ethyl adjacent to an activating group) is 1. The maximum absolute atomic E-state index is 13.4. The van der Waals surface area contributed by atoms with Crippen molar-refractivity contribution in [3.05, 3.63) is 46.5 Å². The highest BCUT2D eigenvalue weighted by Gasteiger charge is 2.37. The van der Waals surface area contributed by atoms with Crippen LogP contribution >= 0.6 is 0 Å². The van der Waals surface area contributed by atoms with Crippen LogP contribution in [0.3, 0.4) is 0 Å². The average molecular weight is 428 g/mol. The summed E-state index contributed by atoms with van der Waals surface area (Å²) in [5, 5.41) is 41.9. The second-order valence-electron chi connectivity index (χ2n) is 7.10. The van der Waals surface area contributed by atoms with E-state index < -0.39 is 11.6 Å². The predicted molar refractivity (Wildman–Crippen MR) is 119 cm³/mol. The Morgan fingerprint density at radius 2 is 1.16 bits per heavy atom. The first kappa shape index (κ1) is 22.5. The van der Waals surface area contributed by atoms with Gasteiger partial charge in [-0.1, -0.05) is 6.92 Å². The van der Waals surface area contributed by atoms with Gasteiger partial charge in [0, 0.05) is 44.1 Å². The number of fused-ring (bicyclic) bond motifs is 2. The second kappa shape index (κ2) is 10.3. The molecule has 0 radical (unpaired) electrons. The first-order chi connectivity index (χ1) is 15.0. The van der Waals surface area contributed by atoms with Crippen molar-refractivity contribution in [3.63, 3.8) is 0 Å². The van der Waals surface area contributed by atoms with Gasteiger partial charge in [0.15, 0.2) is 0 Å². The molecule has 0 saturated carbocycles. The molecule has 0 fully saturated rings. The quantitative estimate of drug-likeness (QED) is 0.175. The van der Waals surface area contributed by atoms with Gasteiger partial charge in [-0.15, -0.1) is 0 Å². The molecule has 2 aromatic rings. The highest BCUT2D eigenvalue weighted by Crippen LogP contribution is 2.42. The number of carbonyl (C=O) groups is 2. The molecule has 0 bridgehead atoms. The van der Waals surface area contributed by atoms with Crippen LogP contribution in [0.5, 0.6) is 11.5 Å². The van der Waals surface area contributed by atoms with Crippen LogP contribution in [-0.4, -0.2) is 72.8 Å². The summed E-state index contributed by atoms with van der Waals surface area (Å²) in [5.74, 6) is -1.75. The van der Waals surface area contributed by atoms with Gasteiger partial charge in [0.1, 0.15) is 11.5 Å². The summed E-state index contributed by atoms with van der Waals surface area (Å²) in [6.07, 6.45) is 0. The van der Waals surface area contributed by atoms with Gasteiger partial charge in [0.2, 0.25) is 11.6 Å². The van der Waals surface area contributed by atoms with Crippen molar-refractivity contribution >= 4 is 22.9 Å². The van der Waals surface area contributed by atoms with Crippen LogP contribution in [-0.2, 0) is 0 Å². The predicted octanol–water partition coefficient (Wildman–Crippen LogP) is 0.888. The summed E-state index contributed by atoms with van der Waals surface area (Å²) < 4.78 is 0. The molecule has 0 amide bonds. The van der Waals surface area contributed by atoms with Crippen molar-refractivity contribution in [2.75, 3.05) is 56.5 Å². The summed E-state index contributed by atoms with van der Waals surface area (Å²) in [6, 6.07) is 5.85. The van der Waals surface area contributed by atoms with Crippen molar-refractivity contribution in [2.24, 2.45) is 0 Å². The molecule has 166 valence electrons. The largest absolute Gasteiger partial charge is 0.507 e. The molecule has 1 aliphatic rings. The molecule has 0 atom stereocenters. The van der Waals surface area contributed by atoms with Gasteiger partial charge < -0.3 is 36.6 Å². The lowest BCUT2D eigenvalue weighted by Crippen LogP contribution is -2.28. The number of anilines is 2. The van der Waals surface area contributed by atoms with Gasteiger partial charge >= 0.3 is 0 Å². The molecular weight excluding hydrogens is 400 g/mol. The van der Waals surface area contributed by atoms with Crippen LogP contribution in [0.1, 0.15) is 38.8 Å². The minimum atomic E-state index is -0.529. The van der Waals surface area contributed by atoms with E-state index in [0.29, 0.717) is 44.1 Å². The molecule has 0 aliphatic heterocycles. The maximum atomic E-state index is 13.4. The molecule has 0 spiro atoms. The molecule has 9 nitrogen and oxygen atoms in total. The number of phenolic OH excluding ortho intramolecular Hbond substituents is 2. The highest BCUT2D eigenvalue weighted by molar-refractivity contribution is 6.33. The van der Waals surface area contributed by atoms with Gasteiger partial charge in [-0.25, -0.2) is 0 Å². The van der Waals surface area contributed by atoms with Crippen molar-refractivity contribution in [3.8, 4) is 11.5 Å². The van der Waals surface area contributed by atoms with Gasteiger partial charge in [-0.3, -0.25) is 9.59 Å². The SMILES string of the molecule is CCNCCNc1ccc(NCCNCCO)c2c1C(=O)c1c(O)ccc(O)c1C2=O. The van der Waals surface area contributed by atoms with Gasteiger partial charge in [-0.05, 0) is 30.8 Å². The Kier molecular flexibility index (Phi) is 7.45. The van der Waals surface area contributed by atoms with E-state index in [1.54, 1.807) is 12.1 Å². The van der Waals surface area contributed by atoms with Crippen molar-refractivity contribution in [2.45, 2.75) is 6.92 Å². The number of nitrogens with one attached hydrogen (secondary N) is 4. The van der Waals surface area contributed by atoms with Crippen molar-refractivity contribution < 1.29 is 24.9 Å². The van der Waals surface area contributed by atoms with E-state index in [1.165, 1.54) is 12.1 Å². The van der Waals surface area contributed by atoms with Crippen molar-refractivity contribution in [1.82, 2.24) is 10.6 Å². The normalized spacial score (nSPS) is 12.5. The molecule has 0 unspecified atom stereocenters. The van der Waals surface area contributed by atoms with Crippen LogP contribution < -0.4 is 21.3 Å². The van der Waals surface area contributed by atoms with Crippen LogP contribution in [0, 0.1) is 0 Å². The van der Waals surface area contributed by atoms with Gasteiger partial charge in [0.05, 0.1) is 28.9 Å². The minimum Gasteiger partial charge on any atom is -0.507 e. The van der Waals surface area contributed by atoms with E-state index in [0.717, 1.165) is 6.54 Å². The molecule has 31 heavy (non-hydrogen) atoms. The molecule has 0 aromatic heterocycles. The topological polar surface area (TPSA) is 143 Å². The first-order valence-electron chi connectivity index (χ1n) is 10.3. The van der Waals surface area contributed by atoms with E-state index in [1.807, 2.05) is 6.92 Å². The van der Waals surface area contributed by atoms with E-state index in [-0.39, 0.29) is 40.4 Å². The maximum Gasteiger partial charge on any atom is 0.200 e. The Morgan fingerprint density at radius 1 is 0.677 bits per heavy atom. The van der Waals surface area contributed by atoms with E-state index in [4.69, 9.17) is 5.11 Å². The third kappa shape index (κ3) is 4.63. The minimum absolute atomic E-state index is 0.0230. The van der Waals surface area contributed by atoms with Gasteiger partial charge in [-0.2, -0.15) is 0 Å². The lowest BCUT2D eigenvalue weighted by molar-refractivity contribution is 0.0975. The molecule has 3 rings (SSSR count). The Labute approximate surface area is 180 Å². The highest BCUT2D eigenvalue weighted by atomic mass is 16.3. The van der Waals surface area contributed by atoms with Gasteiger partial charge in [0.25, 0.3) is 0 Å². The van der Waals surface area contributed by atoms with Crippen LogP contribution in [0.4, 0.5) is 11.4 Å². The molecule has 0 heterocycles. The number of aliphatic hydroxyl groups is 1. The number of phenols is 2. The third-order valence-corrected chi connectivity index (χ3v) is 5.05. The van der Waals surface area contributed by atoms with E-state index in [2.05, 4.69) is 21.3 Å². The number of ketones is 2. The zero-order chi connectivity index (χ0) is 22.4. The average Bonchev–Trinajstić information content (AvgIpc) is 2.76. The number of rotatable bonds is 11. The number of benzene rings is 2. The fourth-order valence-electron chi connectivity index (χ4n) is 3.61. The number of aliphatic hydroxyl groups excluding tert-OH is 1. The van der Waals surface area contributed by atoms with E-state index >= 15 is 0 Å². The van der Waals surface area contributed by atoms with Crippen LogP contribution in [0.15, 0.2) is 24.3 Å². The lowest BCUT2D eigenvalue weighted by Gasteiger charge is -2.25. The standard InChI is InChI=1S/C22H28N4O5/c1-2-23-7-9-25-13-3-4-14(26-10-8-24-11-12-27)18-17(13)21(30)19-15(28)5-6-16(29)20(19)22(18)31/h3-6,23-29H,2,7-12H2,1H3. The smallest absolute Gasteiger partial charge is 0.200 e. The Morgan fingerprint density at radius 3 is 1.61 bits per heavy atom. The summed E-state index contributed by atoms with van der Waals surface area (Å²) in [5.41, 5.74) is 0.906.